The van der Waals surface area contributed by atoms with Crippen molar-refractivity contribution in [2.75, 3.05) is 11.5 Å². The summed E-state index contributed by atoms with van der Waals surface area (Å²) in [5, 5.41) is 8.20. The van der Waals surface area contributed by atoms with Crippen LogP contribution in [0.15, 0.2) is 30.6 Å². The highest BCUT2D eigenvalue weighted by Crippen LogP contribution is 2.28. The molecule has 0 saturated carbocycles. The first-order chi connectivity index (χ1) is 10.0. The Kier molecular flexibility index (Phi) is 3.13. The Balaban J connectivity index is 2.18. The third-order valence-corrected chi connectivity index (χ3v) is 3.33. The zero-order valence-electron chi connectivity index (χ0n) is 11.9. The molecule has 3 heterocycles. The Morgan fingerprint density at radius 2 is 1.81 bits per heavy atom. The van der Waals surface area contributed by atoms with Crippen molar-refractivity contribution >= 4 is 22.5 Å². The van der Waals surface area contributed by atoms with Crippen molar-refractivity contribution in [3.05, 3.63) is 36.2 Å². The first-order valence-electron chi connectivity index (χ1n) is 6.69. The number of rotatable bonds is 2. The molecule has 0 spiro atoms. The van der Waals surface area contributed by atoms with Gasteiger partial charge in [-0.3, -0.25) is 4.98 Å². The first-order valence-corrected chi connectivity index (χ1v) is 6.69. The highest BCUT2D eigenvalue weighted by Gasteiger charge is 2.11. The fraction of sp³-hybridized carbons (Fsp3) is 0.200. The molecule has 4 N–H and O–H groups in total. The summed E-state index contributed by atoms with van der Waals surface area (Å²) < 4.78 is 0. The van der Waals surface area contributed by atoms with Crippen molar-refractivity contribution < 1.29 is 0 Å². The van der Waals surface area contributed by atoms with Crippen LogP contribution in [-0.2, 0) is 0 Å². The third kappa shape index (κ3) is 2.47. The minimum Gasteiger partial charge on any atom is -0.397 e. The van der Waals surface area contributed by atoms with Gasteiger partial charge in [-0.15, -0.1) is 0 Å². The normalized spacial score (nSPS) is 11.2. The highest BCUT2D eigenvalue weighted by atomic mass is 15.1. The Labute approximate surface area is 122 Å². The first kappa shape index (κ1) is 13.2. The van der Waals surface area contributed by atoms with Gasteiger partial charge in [0.1, 0.15) is 5.82 Å². The van der Waals surface area contributed by atoms with Gasteiger partial charge in [0.05, 0.1) is 34.8 Å². The zero-order chi connectivity index (χ0) is 15.0. The Morgan fingerprint density at radius 1 is 1.00 bits per heavy atom. The average Bonchev–Trinajstić information content (AvgIpc) is 2.46. The number of hydrogen-bond acceptors (Lipinski definition) is 6. The van der Waals surface area contributed by atoms with E-state index in [0.717, 1.165) is 16.6 Å². The molecule has 0 radical (unpaired) electrons. The second kappa shape index (κ2) is 4.97. The molecule has 0 atom stereocenters. The number of nitrogens with two attached hydrogens (primary N) is 2. The van der Waals surface area contributed by atoms with Crippen LogP contribution in [0.1, 0.15) is 25.3 Å². The summed E-state index contributed by atoms with van der Waals surface area (Å²) >= 11 is 0. The number of pyridine rings is 2. The van der Waals surface area contributed by atoms with Gasteiger partial charge in [0.25, 0.3) is 0 Å². The van der Waals surface area contributed by atoms with Crippen molar-refractivity contribution in [2.45, 2.75) is 19.8 Å². The summed E-state index contributed by atoms with van der Waals surface area (Å²) in [6.07, 6.45) is 3.36. The van der Waals surface area contributed by atoms with E-state index in [1.54, 1.807) is 18.5 Å². The maximum atomic E-state index is 6.05. The number of nitrogen functional groups attached to an aromatic ring is 2. The molecule has 3 aromatic rings. The van der Waals surface area contributed by atoms with Crippen LogP contribution in [0, 0.1) is 0 Å². The molecule has 3 rings (SSSR count). The van der Waals surface area contributed by atoms with Gasteiger partial charge in [-0.05, 0) is 29.7 Å². The van der Waals surface area contributed by atoms with Crippen molar-refractivity contribution in [1.82, 2.24) is 20.2 Å². The SMILES string of the molecule is CC(C)c1cnnc(-c2cc3ncc(N)cc3nc2N)c1. The van der Waals surface area contributed by atoms with Gasteiger partial charge in [-0.1, -0.05) is 13.8 Å². The minimum atomic E-state index is 0.367. The predicted octanol–water partition coefficient (Wildman–Crippen LogP) is 2.37. The van der Waals surface area contributed by atoms with Crippen molar-refractivity contribution in [3.63, 3.8) is 0 Å². The molecule has 3 aromatic heterocycles. The van der Waals surface area contributed by atoms with Gasteiger partial charge < -0.3 is 11.5 Å². The van der Waals surface area contributed by atoms with Crippen LogP contribution in [0.25, 0.3) is 22.3 Å². The van der Waals surface area contributed by atoms with Gasteiger partial charge >= 0.3 is 0 Å². The van der Waals surface area contributed by atoms with Crippen LogP contribution in [0.5, 0.6) is 0 Å². The molecule has 0 aliphatic rings. The number of hydrogen-bond donors (Lipinski definition) is 2. The molecule has 0 aliphatic carbocycles. The molecule has 0 bridgehead atoms. The molecule has 0 saturated heterocycles. The quantitative estimate of drug-likeness (QED) is 0.747. The van der Waals surface area contributed by atoms with Crippen molar-refractivity contribution in [2.24, 2.45) is 0 Å². The van der Waals surface area contributed by atoms with Crippen LogP contribution in [-0.4, -0.2) is 20.2 Å². The fourth-order valence-electron chi connectivity index (χ4n) is 2.11. The summed E-state index contributed by atoms with van der Waals surface area (Å²) in [6, 6.07) is 5.60. The topological polar surface area (TPSA) is 104 Å². The van der Waals surface area contributed by atoms with Crippen LogP contribution in [0.4, 0.5) is 11.5 Å². The van der Waals surface area contributed by atoms with Gasteiger partial charge in [-0.25, -0.2) is 4.98 Å². The summed E-state index contributed by atoms with van der Waals surface area (Å²) in [5.74, 6) is 0.761. The van der Waals surface area contributed by atoms with Crippen LogP contribution >= 0.6 is 0 Å². The largest absolute Gasteiger partial charge is 0.397 e. The number of fused-ring (bicyclic) bond motifs is 1. The van der Waals surface area contributed by atoms with E-state index in [0.29, 0.717) is 28.6 Å². The van der Waals surface area contributed by atoms with Crippen LogP contribution in [0.2, 0.25) is 0 Å². The van der Waals surface area contributed by atoms with E-state index >= 15 is 0 Å². The lowest BCUT2D eigenvalue weighted by atomic mass is 10.0. The summed E-state index contributed by atoms with van der Waals surface area (Å²) in [7, 11) is 0. The monoisotopic (exact) mass is 280 g/mol. The Hall–Kier alpha value is -2.76. The summed E-state index contributed by atoms with van der Waals surface area (Å²) in [4.78, 5) is 8.63. The second-order valence-corrected chi connectivity index (χ2v) is 5.26. The van der Waals surface area contributed by atoms with Gasteiger partial charge in [0.15, 0.2) is 0 Å². The van der Waals surface area contributed by atoms with E-state index in [1.807, 2.05) is 12.1 Å². The molecular formula is C15H16N6. The average molecular weight is 280 g/mol. The second-order valence-electron chi connectivity index (χ2n) is 5.26. The molecular weight excluding hydrogens is 264 g/mol. The third-order valence-electron chi connectivity index (χ3n) is 3.33. The van der Waals surface area contributed by atoms with Crippen LogP contribution in [0.3, 0.4) is 0 Å². The minimum absolute atomic E-state index is 0.367. The molecule has 0 unspecified atom stereocenters. The molecule has 0 aromatic carbocycles. The molecule has 0 fully saturated rings. The standard InChI is InChI=1S/C15H16N6/c1-8(2)9-3-12(21-19-6-9)11-5-13-14(20-15(11)17)4-10(16)7-18-13/h3-8H,16H2,1-2H3,(H2,17,20). The van der Waals surface area contributed by atoms with Crippen molar-refractivity contribution in [1.29, 1.82) is 0 Å². The van der Waals surface area contributed by atoms with E-state index in [2.05, 4.69) is 34.0 Å². The van der Waals surface area contributed by atoms with E-state index in [1.165, 1.54) is 0 Å². The fourth-order valence-corrected chi connectivity index (χ4v) is 2.11. The van der Waals surface area contributed by atoms with Gasteiger partial charge in [-0.2, -0.15) is 10.2 Å². The molecule has 6 nitrogen and oxygen atoms in total. The van der Waals surface area contributed by atoms with Gasteiger partial charge in [0.2, 0.25) is 0 Å². The zero-order valence-corrected chi connectivity index (χ0v) is 11.9. The van der Waals surface area contributed by atoms with Gasteiger partial charge in [0, 0.05) is 5.56 Å². The van der Waals surface area contributed by atoms with E-state index < -0.39 is 0 Å². The molecule has 6 heteroatoms. The Morgan fingerprint density at radius 3 is 2.57 bits per heavy atom. The maximum absolute atomic E-state index is 6.05. The van der Waals surface area contributed by atoms with E-state index in [4.69, 9.17) is 11.5 Å². The number of aromatic nitrogens is 4. The Bertz CT molecular complexity index is 812. The van der Waals surface area contributed by atoms with E-state index in [9.17, 15) is 0 Å². The summed E-state index contributed by atoms with van der Waals surface area (Å²) in [5.41, 5.74) is 16.2. The molecule has 106 valence electrons. The molecule has 0 aliphatic heterocycles. The van der Waals surface area contributed by atoms with E-state index in [-0.39, 0.29) is 0 Å². The summed E-state index contributed by atoms with van der Waals surface area (Å²) in [6.45, 7) is 4.21. The lowest BCUT2D eigenvalue weighted by Crippen LogP contribution is -2.00. The lowest BCUT2D eigenvalue weighted by Gasteiger charge is -2.09. The number of nitrogens with zero attached hydrogens (tertiary/aromatic N) is 4. The molecule has 21 heavy (non-hydrogen) atoms. The predicted molar refractivity (Wildman–Crippen MR) is 83.5 cm³/mol. The lowest BCUT2D eigenvalue weighted by molar-refractivity contribution is 0.843. The number of anilines is 2. The smallest absolute Gasteiger partial charge is 0.133 e. The van der Waals surface area contributed by atoms with Crippen molar-refractivity contribution in [3.8, 4) is 11.3 Å². The molecule has 0 amide bonds. The van der Waals surface area contributed by atoms with Crippen LogP contribution < -0.4 is 11.5 Å². The highest BCUT2D eigenvalue weighted by molar-refractivity contribution is 5.86. The maximum Gasteiger partial charge on any atom is 0.133 e.